The Morgan fingerprint density at radius 2 is 2.30 bits per heavy atom. The molecule has 0 spiro atoms. The van der Waals surface area contributed by atoms with E-state index in [9.17, 15) is 0 Å². The number of aromatic nitrogens is 2. The van der Waals surface area contributed by atoms with Gasteiger partial charge in [-0.25, -0.2) is 0 Å². The van der Waals surface area contributed by atoms with Gasteiger partial charge < -0.3 is 0 Å². The van der Waals surface area contributed by atoms with Crippen LogP contribution in [0.2, 0.25) is 0 Å². The summed E-state index contributed by atoms with van der Waals surface area (Å²) >= 11 is 1.65. The van der Waals surface area contributed by atoms with Crippen molar-refractivity contribution in [3.05, 3.63) is 5.01 Å². The maximum atomic E-state index is 3.96. The van der Waals surface area contributed by atoms with Crippen LogP contribution in [0.4, 0.5) is 0 Å². The van der Waals surface area contributed by atoms with E-state index in [-0.39, 0.29) is 0 Å². The third kappa shape index (κ3) is 2.48. The first kappa shape index (κ1) is 8.36. The van der Waals surface area contributed by atoms with E-state index < -0.39 is 0 Å². The molecule has 5 heteroatoms. The summed E-state index contributed by atoms with van der Waals surface area (Å²) < 4.78 is 1.06. The van der Waals surface area contributed by atoms with Gasteiger partial charge >= 0.3 is 0 Å². The number of hydrogen-bond acceptors (Lipinski definition) is 5. The van der Waals surface area contributed by atoms with Gasteiger partial charge in [-0.3, -0.25) is 0 Å². The molecule has 0 aliphatic rings. The zero-order valence-electron chi connectivity index (χ0n) is 5.83. The minimum atomic E-state index is 1.04. The lowest BCUT2D eigenvalue weighted by molar-refractivity contribution is 0.986. The molecule has 0 N–H and O–H groups in total. The van der Waals surface area contributed by atoms with Crippen LogP contribution in [-0.2, 0) is 0 Å². The first-order chi connectivity index (χ1) is 4.83. The highest BCUT2D eigenvalue weighted by Crippen LogP contribution is 2.32. The Morgan fingerprint density at radius 1 is 1.50 bits per heavy atom. The van der Waals surface area contributed by atoms with Gasteiger partial charge in [0.15, 0.2) is 4.34 Å². The second-order valence-electron chi connectivity index (χ2n) is 1.58. The maximum absolute atomic E-state index is 3.96. The molecule has 1 rings (SSSR count). The highest BCUT2D eigenvalue weighted by atomic mass is 33.1. The van der Waals surface area contributed by atoms with Crippen molar-refractivity contribution in [1.29, 1.82) is 0 Å². The maximum Gasteiger partial charge on any atom is 0.184 e. The van der Waals surface area contributed by atoms with Crippen molar-refractivity contribution in [1.82, 2.24) is 10.2 Å². The first-order valence-electron chi connectivity index (χ1n) is 2.92. The summed E-state index contributed by atoms with van der Waals surface area (Å²) in [5, 5.41) is 8.91. The third-order valence-electron chi connectivity index (χ3n) is 0.756. The summed E-state index contributed by atoms with van der Waals surface area (Å²) in [5.74, 6) is 1.11. The van der Waals surface area contributed by atoms with E-state index in [1.54, 1.807) is 32.9 Å². The molecule has 1 aromatic heterocycles. The molecule has 1 heterocycles. The van der Waals surface area contributed by atoms with E-state index in [2.05, 4.69) is 17.1 Å². The molecule has 0 aromatic carbocycles. The second-order valence-corrected chi connectivity index (χ2v) is 5.59. The first-order valence-corrected chi connectivity index (χ1v) is 6.06. The molecule has 0 amide bonds. The van der Waals surface area contributed by atoms with Crippen LogP contribution in [0.3, 0.4) is 0 Å². The Bertz CT molecular complexity index is 199. The molecule has 10 heavy (non-hydrogen) atoms. The van der Waals surface area contributed by atoms with E-state index in [0.29, 0.717) is 0 Å². The summed E-state index contributed by atoms with van der Waals surface area (Å²) in [4.78, 5) is 0. The average Bonchev–Trinajstić information content (AvgIpc) is 2.31. The summed E-state index contributed by atoms with van der Waals surface area (Å²) in [6, 6.07) is 0. The summed E-state index contributed by atoms with van der Waals surface area (Å²) in [5.41, 5.74) is 0. The number of nitrogens with zero attached hydrogens (tertiary/aromatic N) is 2. The van der Waals surface area contributed by atoms with Crippen molar-refractivity contribution >= 4 is 32.9 Å². The molecule has 0 saturated carbocycles. The van der Waals surface area contributed by atoms with Crippen molar-refractivity contribution < 1.29 is 0 Å². The van der Waals surface area contributed by atoms with Gasteiger partial charge in [0.05, 0.1) is 0 Å². The van der Waals surface area contributed by atoms with E-state index in [4.69, 9.17) is 0 Å². The molecule has 0 fully saturated rings. The molecule has 0 unspecified atom stereocenters. The van der Waals surface area contributed by atoms with Crippen LogP contribution in [0.5, 0.6) is 0 Å². The summed E-state index contributed by atoms with van der Waals surface area (Å²) in [6.07, 6.45) is 0. The summed E-state index contributed by atoms with van der Waals surface area (Å²) in [7, 11) is 3.50. The van der Waals surface area contributed by atoms with Gasteiger partial charge in [-0.15, -0.1) is 10.2 Å². The van der Waals surface area contributed by atoms with Crippen LogP contribution in [0.1, 0.15) is 11.9 Å². The van der Waals surface area contributed by atoms with Crippen molar-refractivity contribution in [2.75, 3.05) is 5.75 Å². The highest BCUT2D eigenvalue weighted by Gasteiger charge is 1.98. The Hall–Kier alpha value is 0.260. The standard InChI is InChI=1S/C5H8N2S3/c1-3-8-10-5-7-6-4(2)9-5/h3H2,1-2H3. The molecule has 0 aliphatic carbocycles. The predicted octanol–water partition coefficient (Wildman–Crippen LogP) is 2.61. The number of rotatable bonds is 3. The minimum absolute atomic E-state index is 1.04. The smallest absolute Gasteiger partial charge is 0.143 e. The van der Waals surface area contributed by atoms with Gasteiger partial charge in [0, 0.05) is 5.75 Å². The normalized spacial score (nSPS) is 10.2. The van der Waals surface area contributed by atoms with Crippen LogP contribution in [0.25, 0.3) is 0 Å². The second kappa shape index (κ2) is 4.20. The Balaban J connectivity index is 2.42. The van der Waals surface area contributed by atoms with E-state index in [1.165, 1.54) is 0 Å². The van der Waals surface area contributed by atoms with Gasteiger partial charge in [-0.2, -0.15) is 0 Å². The molecule has 0 bridgehead atoms. The van der Waals surface area contributed by atoms with Crippen molar-refractivity contribution in [3.8, 4) is 0 Å². The molecule has 0 atom stereocenters. The van der Waals surface area contributed by atoms with Gasteiger partial charge in [0.1, 0.15) is 5.01 Å². The van der Waals surface area contributed by atoms with E-state index >= 15 is 0 Å². The van der Waals surface area contributed by atoms with Crippen molar-refractivity contribution in [3.63, 3.8) is 0 Å². The van der Waals surface area contributed by atoms with Crippen molar-refractivity contribution in [2.45, 2.75) is 18.2 Å². The molecular formula is C5H8N2S3. The van der Waals surface area contributed by atoms with Crippen LogP contribution in [0, 0.1) is 6.92 Å². The topological polar surface area (TPSA) is 25.8 Å². The quantitative estimate of drug-likeness (QED) is 0.688. The van der Waals surface area contributed by atoms with Gasteiger partial charge in [0.25, 0.3) is 0 Å². The average molecular weight is 192 g/mol. The Labute approximate surface area is 72.2 Å². The molecule has 0 aliphatic heterocycles. The Morgan fingerprint density at radius 3 is 2.80 bits per heavy atom. The lowest BCUT2D eigenvalue weighted by Crippen LogP contribution is -1.68. The zero-order chi connectivity index (χ0) is 7.40. The fourth-order valence-electron chi connectivity index (χ4n) is 0.421. The molecular weight excluding hydrogens is 184 g/mol. The van der Waals surface area contributed by atoms with Gasteiger partial charge in [-0.05, 0) is 17.7 Å². The largest absolute Gasteiger partial charge is 0.184 e. The molecule has 0 radical (unpaired) electrons. The third-order valence-corrected chi connectivity index (χ3v) is 4.32. The fraction of sp³-hybridized carbons (Fsp3) is 0.600. The monoisotopic (exact) mass is 192 g/mol. The highest BCUT2D eigenvalue weighted by molar-refractivity contribution is 8.77. The Kier molecular flexibility index (Phi) is 3.51. The van der Waals surface area contributed by atoms with Gasteiger partial charge in [0.2, 0.25) is 0 Å². The SMILES string of the molecule is CCSSc1nnc(C)s1. The van der Waals surface area contributed by atoms with Crippen LogP contribution >= 0.6 is 32.9 Å². The number of hydrogen-bond donors (Lipinski definition) is 0. The molecule has 1 aromatic rings. The van der Waals surface area contributed by atoms with Gasteiger partial charge in [-0.1, -0.05) is 29.1 Å². The lowest BCUT2D eigenvalue weighted by atomic mass is 10.9. The lowest BCUT2D eigenvalue weighted by Gasteiger charge is -1.87. The fourth-order valence-corrected chi connectivity index (χ4v) is 3.12. The molecule has 0 saturated heterocycles. The molecule has 2 nitrogen and oxygen atoms in total. The van der Waals surface area contributed by atoms with Crippen LogP contribution < -0.4 is 0 Å². The summed E-state index contributed by atoms with van der Waals surface area (Å²) in [6.45, 7) is 4.10. The number of aryl methyl sites for hydroxylation is 1. The van der Waals surface area contributed by atoms with E-state index in [1.807, 2.05) is 6.92 Å². The van der Waals surface area contributed by atoms with Crippen LogP contribution in [0.15, 0.2) is 4.34 Å². The van der Waals surface area contributed by atoms with Crippen LogP contribution in [-0.4, -0.2) is 16.0 Å². The zero-order valence-corrected chi connectivity index (χ0v) is 8.28. The van der Waals surface area contributed by atoms with Crippen molar-refractivity contribution in [2.24, 2.45) is 0 Å². The molecule has 56 valence electrons. The minimum Gasteiger partial charge on any atom is -0.143 e. The predicted molar refractivity (Wildman–Crippen MR) is 48.6 cm³/mol. The van der Waals surface area contributed by atoms with E-state index in [0.717, 1.165) is 15.1 Å².